The van der Waals surface area contributed by atoms with Crippen LogP contribution in [0, 0.1) is 11.8 Å². The predicted molar refractivity (Wildman–Crippen MR) is 113 cm³/mol. The summed E-state index contributed by atoms with van der Waals surface area (Å²) in [5.41, 5.74) is 11.8. The van der Waals surface area contributed by atoms with Crippen LogP contribution in [0.2, 0.25) is 0 Å². The van der Waals surface area contributed by atoms with Crippen molar-refractivity contribution in [3.05, 3.63) is 53.6 Å². The zero-order chi connectivity index (χ0) is 20.1. The minimum absolute atomic E-state index is 0.0426. The first kappa shape index (κ1) is 18.4. The number of likely N-dealkylation sites (tertiary alicyclic amines) is 1. The summed E-state index contributed by atoms with van der Waals surface area (Å²) in [5, 5.41) is 0. The van der Waals surface area contributed by atoms with Crippen LogP contribution in [0.4, 0.5) is 5.69 Å². The standard InChI is InChI=1S/C24H27N3O2/c1-15-8-16(12-25)13-26(15)24(29)19-11-23(28)27(14-19)20-6-7-22-18(10-20)9-17-4-2-3-5-21(17)22/h2-7,10,15-16,19H,8-9,11-14,25H2,1H3. The van der Waals surface area contributed by atoms with Crippen LogP contribution in [0.15, 0.2) is 42.5 Å². The van der Waals surface area contributed by atoms with Crippen molar-refractivity contribution in [1.29, 1.82) is 0 Å². The Hall–Kier alpha value is -2.66. The minimum Gasteiger partial charge on any atom is -0.339 e. The quantitative estimate of drug-likeness (QED) is 0.749. The number of benzene rings is 2. The number of carbonyl (C=O) groups excluding carboxylic acids is 2. The smallest absolute Gasteiger partial charge is 0.228 e. The van der Waals surface area contributed by atoms with E-state index in [0.717, 1.165) is 25.1 Å². The van der Waals surface area contributed by atoms with Crippen molar-refractivity contribution < 1.29 is 9.59 Å². The molecule has 3 atom stereocenters. The van der Waals surface area contributed by atoms with E-state index in [0.29, 0.717) is 25.4 Å². The molecule has 0 spiro atoms. The highest BCUT2D eigenvalue weighted by molar-refractivity contribution is 6.00. The van der Waals surface area contributed by atoms with Crippen LogP contribution in [0.5, 0.6) is 0 Å². The highest BCUT2D eigenvalue weighted by Gasteiger charge is 2.41. The van der Waals surface area contributed by atoms with Crippen molar-refractivity contribution in [2.75, 3.05) is 24.5 Å². The van der Waals surface area contributed by atoms with Gasteiger partial charge in [-0.2, -0.15) is 0 Å². The van der Waals surface area contributed by atoms with Crippen LogP contribution in [0.3, 0.4) is 0 Å². The van der Waals surface area contributed by atoms with Crippen LogP contribution in [0.1, 0.15) is 30.9 Å². The average Bonchev–Trinajstić information content (AvgIpc) is 3.41. The van der Waals surface area contributed by atoms with Gasteiger partial charge in [0.2, 0.25) is 11.8 Å². The summed E-state index contributed by atoms with van der Waals surface area (Å²) in [6.07, 6.45) is 2.15. The molecule has 0 bridgehead atoms. The van der Waals surface area contributed by atoms with Crippen LogP contribution < -0.4 is 10.6 Å². The largest absolute Gasteiger partial charge is 0.339 e. The molecular formula is C24H27N3O2. The SMILES string of the molecule is CC1CC(CN)CN1C(=O)C1CC(=O)N(c2ccc3c(c2)Cc2ccccc2-3)C1. The molecule has 0 saturated carbocycles. The first-order valence-corrected chi connectivity index (χ1v) is 10.6. The maximum Gasteiger partial charge on any atom is 0.228 e. The van der Waals surface area contributed by atoms with Gasteiger partial charge in [0.05, 0.1) is 5.92 Å². The third kappa shape index (κ3) is 3.04. The Morgan fingerprint density at radius 3 is 2.69 bits per heavy atom. The van der Waals surface area contributed by atoms with Gasteiger partial charge in [0.25, 0.3) is 0 Å². The third-order valence-electron chi connectivity index (χ3n) is 6.84. The fourth-order valence-corrected chi connectivity index (χ4v) is 5.28. The van der Waals surface area contributed by atoms with Gasteiger partial charge in [0.1, 0.15) is 0 Å². The van der Waals surface area contributed by atoms with E-state index in [2.05, 4.69) is 43.3 Å². The fourth-order valence-electron chi connectivity index (χ4n) is 5.28. The second-order valence-electron chi connectivity index (χ2n) is 8.76. The molecule has 150 valence electrons. The summed E-state index contributed by atoms with van der Waals surface area (Å²) in [7, 11) is 0. The molecule has 2 aliphatic heterocycles. The molecule has 2 N–H and O–H groups in total. The van der Waals surface area contributed by atoms with Crippen molar-refractivity contribution in [2.45, 2.75) is 32.2 Å². The number of nitrogens with zero attached hydrogens (tertiary/aromatic N) is 2. The molecule has 3 unspecified atom stereocenters. The molecule has 5 rings (SSSR count). The number of rotatable bonds is 3. The molecule has 2 fully saturated rings. The van der Waals surface area contributed by atoms with E-state index in [4.69, 9.17) is 5.73 Å². The number of carbonyl (C=O) groups is 2. The summed E-state index contributed by atoms with van der Waals surface area (Å²) in [4.78, 5) is 29.6. The molecule has 3 aliphatic rings. The van der Waals surface area contributed by atoms with Crippen molar-refractivity contribution in [2.24, 2.45) is 17.6 Å². The van der Waals surface area contributed by atoms with E-state index >= 15 is 0 Å². The van der Waals surface area contributed by atoms with Crippen molar-refractivity contribution in [1.82, 2.24) is 4.90 Å². The van der Waals surface area contributed by atoms with E-state index in [-0.39, 0.29) is 23.8 Å². The number of hydrogen-bond donors (Lipinski definition) is 1. The van der Waals surface area contributed by atoms with Crippen LogP contribution in [0.25, 0.3) is 11.1 Å². The summed E-state index contributed by atoms with van der Waals surface area (Å²) in [6, 6.07) is 14.9. The Morgan fingerprint density at radius 2 is 1.90 bits per heavy atom. The molecule has 5 nitrogen and oxygen atoms in total. The Morgan fingerprint density at radius 1 is 1.10 bits per heavy atom. The lowest BCUT2D eigenvalue weighted by Crippen LogP contribution is -2.40. The van der Waals surface area contributed by atoms with Gasteiger partial charge in [0, 0.05) is 31.2 Å². The van der Waals surface area contributed by atoms with Crippen molar-refractivity contribution >= 4 is 17.5 Å². The first-order chi connectivity index (χ1) is 14.0. The monoisotopic (exact) mass is 389 g/mol. The fraction of sp³-hybridized carbons (Fsp3) is 0.417. The van der Waals surface area contributed by atoms with Gasteiger partial charge in [-0.05, 0) is 66.6 Å². The molecule has 0 aromatic heterocycles. The summed E-state index contributed by atoms with van der Waals surface area (Å²) < 4.78 is 0. The lowest BCUT2D eigenvalue weighted by Gasteiger charge is -2.25. The van der Waals surface area contributed by atoms with Gasteiger partial charge < -0.3 is 15.5 Å². The van der Waals surface area contributed by atoms with Gasteiger partial charge in [0.15, 0.2) is 0 Å². The Kier molecular flexibility index (Phi) is 4.43. The second kappa shape index (κ2) is 6.99. The van der Waals surface area contributed by atoms with Gasteiger partial charge >= 0.3 is 0 Å². The zero-order valence-corrected chi connectivity index (χ0v) is 16.8. The van der Waals surface area contributed by atoms with E-state index < -0.39 is 0 Å². The second-order valence-corrected chi connectivity index (χ2v) is 8.76. The van der Waals surface area contributed by atoms with Crippen LogP contribution >= 0.6 is 0 Å². The molecule has 1 aliphatic carbocycles. The van der Waals surface area contributed by atoms with E-state index in [1.807, 2.05) is 11.0 Å². The zero-order valence-electron chi connectivity index (χ0n) is 16.8. The van der Waals surface area contributed by atoms with E-state index in [1.54, 1.807) is 4.90 Å². The van der Waals surface area contributed by atoms with Gasteiger partial charge in [-0.3, -0.25) is 9.59 Å². The molecule has 29 heavy (non-hydrogen) atoms. The Labute approximate surface area is 171 Å². The summed E-state index contributed by atoms with van der Waals surface area (Å²) in [6.45, 7) is 3.89. The van der Waals surface area contributed by atoms with Crippen LogP contribution in [-0.2, 0) is 16.0 Å². The van der Waals surface area contributed by atoms with Crippen molar-refractivity contribution in [3.63, 3.8) is 0 Å². The van der Waals surface area contributed by atoms with Gasteiger partial charge in [-0.15, -0.1) is 0 Å². The van der Waals surface area contributed by atoms with Gasteiger partial charge in [-0.1, -0.05) is 30.3 Å². The number of hydrogen-bond acceptors (Lipinski definition) is 3. The molecule has 0 radical (unpaired) electrons. The molecule has 2 aromatic carbocycles. The average molecular weight is 389 g/mol. The normalized spacial score (nSPS) is 25.4. The highest BCUT2D eigenvalue weighted by Crippen LogP contribution is 2.39. The van der Waals surface area contributed by atoms with E-state index in [1.165, 1.54) is 22.3 Å². The molecule has 2 amide bonds. The maximum atomic E-state index is 13.1. The number of nitrogens with two attached hydrogens (primary N) is 1. The molecule has 2 heterocycles. The highest BCUT2D eigenvalue weighted by atomic mass is 16.2. The molecule has 2 aromatic rings. The third-order valence-corrected chi connectivity index (χ3v) is 6.84. The predicted octanol–water partition coefficient (Wildman–Crippen LogP) is 2.81. The lowest BCUT2D eigenvalue weighted by atomic mass is 10.1. The summed E-state index contributed by atoms with van der Waals surface area (Å²) in [5.74, 6) is 0.270. The van der Waals surface area contributed by atoms with E-state index in [9.17, 15) is 9.59 Å². The van der Waals surface area contributed by atoms with Crippen molar-refractivity contribution in [3.8, 4) is 11.1 Å². The first-order valence-electron chi connectivity index (χ1n) is 10.6. The van der Waals surface area contributed by atoms with Gasteiger partial charge in [-0.25, -0.2) is 0 Å². The maximum absolute atomic E-state index is 13.1. The number of anilines is 1. The topological polar surface area (TPSA) is 66.6 Å². The number of fused-ring (bicyclic) bond motifs is 3. The minimum atomic E-state index is -0.257. The summed E-state index contributed by atoms with van der Waals surface area (Å²) >= 11 is 0. The molecule has 2 saturated heterocycles. The Bertz CT molecular complexity index is 986. The van der Waals surface area contributed by atoms with Crippen LogP contribution in [-0.4, -0.2) is 42.4 Å². The Balaban J connectivity index is 1.34. The molecular weight excluding hydrogens is 362 g/mol. The molecule has 5 heteroatoms. The number of amides is 2. The lowest BCUT2D eigenvalue weighted by molar-refractivity contribution is -0.136.